The number of thiol groups is 1. The highest BCUT2D eigenvalue weighted by Gasteiger charge is 2.31. The van der Waals surface area contributed by atoms with Gasteiger partial charge in [0.1, 0.15) is 18.1 Å². The summed E-state index contributed by atoms with van der Waals surface area (Å²) >= 11 is 3.93. The number of carbonyl (C=O) groups excluding carboxylic acids is 4. The zero-order chi connectivity index (χ0) is 25.8. The second-order valence-electron chi connectivity index (χ2n) is 7.19. The van der Waals surface area contributed by atoms with Gasteiger partial charge in [0.15, 0.2) is 0 Å². The summed E-state index contributed by atoms with van der Waals surface area (Å²) in [6.45, 7) is 0. The van der Waals surface area contributed by atoms with Crippen LogP contribution in [0.4, 0.5) is 0 Å². The van der Waals surface area contributed by atoms with Crippen molar-refractivity contribution >= 4 is 48.2 Å². The Balaban J connectivity index is 3.07. The van der Waals surface area contributed by atoms with E-state index in [0.717, 1.165) is 0 Å². The normalized spacial score (nSPS) is 14.2. The minimum Gasteiger partial charge on any atom is -0.481 e. The van der Waals surface area contributed by atoms with E-state index in [1.54, 1.807) is 0 Å². The van der Waals surface area contributed by atoms with Gasteiger partial charge in [-0.25, -0.2) is 9.78 Å². The van der Waals surface area contributed by atoms with Crippen molar-refractivity contribution in [3.05, 3.63) is 18.2 Å². The summed E-state index contributed by atoms with van der Waals surface area (Å²) in [6.07, 6.45) is 0.995. The van der Waals surface area contributed by atoms with Crippen molar-refractivity contribution in [2.45, 2.75) is 49.9 Å². The number of nitrogens with one attached hydrogen (secondary N) is 4. The number of carboxylic acids is 2. The van der Waals surface area contributed by atoms with Gasteiger partial charge in [-0.3, -0.25) is 24.0 Å². The maximum Gasteiger partial charge on any atom is 0.326 e. The first-order valence-corrected chi connectivity index (χ1v) is 10.6. The van der Waals surface area contributed by atoms with E-state index in [1.165, 1.54) is 12.5 Å². The van der Waals surface area contributed by atoms with Crippen molar-refractivity contribution in [1.29, 1.82) is 0 Å². The first-order valence-electron chi connectivity index (χ1n) is 9.92. The minimum atomic E-state index is -1.69. The molecule has 34 heavy (non-hydrogen) atoms. The average Bonchev–Trinajstić information content (AvgIpc) is 3.27. The number of aromatic amines is 1. The number of amides is 4. The van der Waals surface area contributed by atoms with Crippen molar-refractivity contribution in [3.63, 3.8) is 0 Å². The zero-order valence-electron chi connectivity index (χ0n) is 17.9. The first-order chi connectivity index (χ1) is 15.9. The van der Waals surface area contributed by atoms with Gasteiger partial charge in [-0.2, -0.15) is 12.6 Å². The third-order valence-electron chi connectivity index (χ3n) is 4.45. The number of carbonyl (C=O) groups is 6. The van der Waals surface area contributed by atoms with Gasteiger partial charge in [0.05, 0.1) is 18.8 Å². The SMILES string of the molecule is NC(=O)C[C@H](NC(=O)[C@H](CCC(=O)O)NC(=O)[C@H](Cc1cnc[nH]1)NC(=O)[C@@H](N)CS)C(=O)O. The van der Waals surface area contributed by atoms with Crippen LogP contribution in [-0.2, 0) is 35.2 Å². The number of primary amides is 1. The summed E-state index contributed by atoms with van der Waals surface area (Å²) in [7, 11) is 0. The van der Waals surface area contributed by atoms with Crippen molar-refractivity contribution < 1.29 is 39.0 Å². The van der Waals surface area contributed by atoms with Crippen LogP contribution in [0.1, 0.15) is 25.0 Å². The van der Waals surface area contributed by atoms with Crippen LogP contribution in [0.5, 0.6) is 0 Å². The van der Waals surface area contributed by atoms with E-state index in [-0.39, 0.29) is 12.2 Å². The van der Waals surface area contributed by atoms with E-state index < -0.39 is 79.0 Å². The molecule has 0 aromatic carbocycles. The van der Waals surface area contributed by atoms with Crippen molar-refractivity contribution in [2.24, 2.45) is 11.5 Å². The van der Waals surface area contributed by atoms with Gasteiger partial charge < -0.3 is 42.6 Å². The van der Waals surface area contributed by atoms with E-state index in [4.69, 9.17) is 16.6 Å². The highest BCUT2D eigenvalue weighted by molar-refractivity contribution is 7.80. The average molecular weight is 502 g/mol. The van der Waals surface area contributed by atoms with Gasteiger partial charge in [-0.1, -0.05) is 0 Å². The number of nitrogens with zero attached hydrogens (tertiary/aromatic N) is 1. The number of nitrogens with two attached hydrogens (primary N) is 2. The summed E-state index contributed by atoms with van der Waals surface area (Å²) in [4.78, 5) is 77.7. The predicted octanol–water partition coefficient (Wildman–Crippen LogP) is -3.51. The molecule has 0 saturated carbocycles. The fourth-order valence-corrected chi connectivity index (χ4v) is 2.84. The lowest BCUT2D eigenvalue weighted by Gasteiger charge is -2.24. The number of hydrogen-bond acceptors (Lipinski definition) is 9. The molecule has 0 radical (unpaired) electrons. The molecular weight excluding hydrogens is 474 g/mol. The molecule has 0 spiro atoms. The molecule has 16 heteroatoms. The second-order valence-corrected chi connectivity index (χ2v) is 7.56. The molecule has 0 aliphatic rings. The highest BCUT2D eigenvalue weighted by Crippen LogP contribution is 2.05. The van der Waals surface area contributed by atoms with E-state index in [1.807, 2.05) is 5.32 Å². The van der Waals surface area contributed by atoms with Gasteiger partial charge >= 0.3 is 11.9 Å². The van der Waals surface area contributed by atoms with Crippen LogP contribution in [0.15, 0.2) is 12.5 Å². The molecular formula is C18H27N7O8S. The molecule has 4 atom stereocenters. The lowest BCUT2D eigenvalue weighted by molar-refractivity contribution is -0.144. The quantitative estimate of drug-likeness (QED) is 0.107. The summed E-state index contributed by atoms with van der Waals surface area (Å²) in [5.41, 5.74) is 11.1. The largest absolute Gasteiger partial charge is 0.481 e. The Labute approximate surface area is 198 Å². The number of hydrogen-bond donors (Lipinski definition) is 9. The summed E-state index contributed by atoms with van der Waals surface area (Å²) < 4.78 is 0. The molecule has 1 aromatic rings. The van der Waals surface area contributed by atoms with Crippen LogP contribution >= 0.6 is 12.6 Å². The Morgan fingerprint density at radius 3 is 2.09 bits per heavy atom. The number of imidazole rings is 1. The first kappa shape index (κ1) is 28.4. The van der Waals surface area contributed by atoms with Gasteiger partial charge in [0, 0.05) is 30.5 Å². The maximum atomic E-state index is 12.9. The van der Waals surface area contributed by atoms with Crippen LogP contribution < -0.4 is 27.4 Å². The third-order valence-corrected chi connectivity index (χ3v) is 4.84. The van der Waals surface area contributed by atoms with Gasteiger partial charge in [-0.15, -0.1) is 0 Å². The fraction of sp³-hybridized carbons (Fsp3) is 0.500. The van der Waals surface area contributed by atoms with Crippen LogP contribution in [0.2, 0.25) is 0 Å². The molecule has 4 amide bonds. The molecule has 1 aromatic heterocycles. The lowest BCUT2D eigenvalue weighted by Crippen LogP contribution is -2.58. The molecule has 10 N–H and O–H groups in total. The predicted molar refractivity (Wildman–Crippen MR) is 118 cm³/mol. The number of carboxylic acid groups (broad SMARTS) is 2. The number of aliphatic carboxylic acids is 2. The second kappa shape index (κ2) is 13.8. The summed E-state index contributed by atoms with van der Waals surface area (Å²) in [5, 5.41) is 24.9. The number of rotatable bonds is 15. The molecule has 15 nitrogen and oxygen atoms in total. The van der Waals surface area contributed by atoms with E-state index in [2.05, 4.69) is 33.2 Å². The molecule has 188 valence electrons. The van der Waals surface area contributed by atoms with Gasteiger partial charge in [-0.05, 0) is 6.42 Å². The Bertz CT molecular complexity index is 895. The third kappa shape index (κ3) is 9.86. The van der Waals surface area contributed by atoms with Crippen LogP contribution in [0.25, 0.3) is 0 Å². The molecule has 0 aliphatic heterocycles. The number of H-pyrrole nitrogens is 1. The highest BCUT2D eigenvalue weighted by atomic mass is 32.1. The molecule has 0 saturated heterocycles. The molecule has 0 bridgehead atoms. The molecule has 1 rings (SSSR count). The van der Waals surface area contributed by atoms with Crippen molar-refractivity contribution in [1.82, 2.24) is 25.9 Å². The molecule has 1 heterocycles. The Hall–Kier alpha value is -3.66. The van der Waals surface area contributed by atoms with Crippen LogP contribution in [0, 0.1) is 0 Å². The van der Waals surface area contributed by atoms with E-state index in [9.17, 15) is 33.9 Å². The molecule has 0 fully saturated rings. The zero-order valence-corrected chi connectivity index (χ0v) is 18.8. The monoisotopic (exact) mass is 501 g/mol. The summed E-state index contributed by atoms with van der Waals surface area (Å²) in [5.74, 6) is -6.47. The van der Waals surface area contributed by atoms with Gasteiger partial charge in [0.2, 0.25) is 23.6 Å². The van der Waals surface area contributed by atoms with Crippen LogP contribution in [0.3, 0.4) is 0 Å². The summed E-state index contributed by atoms with van der Waals surface area (Å²) in [6, 6.07) is -5.47. The smallest absolute Gasteiger partial charge is 0.326 e. The van der Waals surface area contributed by atoms with E-state index in [0.29, 0.717) is 5.69 Å². The Morgan fingerprint density at radius 2 is 1.59 bits per heavy atom. The topological polar surface area (TPSA) is 260 Å². The Morgan fingerprint density at radius 1 is 1.00 bits per heavy atom. The lowest BCUT2D eigenvalue weighted by atomic mass is 10.1. The van der Waals surface area contributed by atoms with Gasteiger partial charge in [0.25, 0.3) is 0 Å². The minimum absolute atomic E-state index is 0.00961. The van der Waals surface area contributed by atoms with Crippen LogP contribution in [-0.4, -0.2) is 85.7 Å². The van der Waals surface area contributed by atoms with Crippen molar-refractivity contribution in [2.75, 3.05) is 5.75 Å². The van der Waals surface area contributed by atoms with Crippen molar-refractivity contribution in [3.8, 4) is 0 Å². The van der Waals surface area contributed by atoms with E-state index >= 15 is 0 Å². The molecule has 0 aliphatic carbocycles. The Kier molecular flexibility index (Phi) is 11.5. The standard InChI is InChI=1S/C18H27N7O8S/c19-9(6-34)15(29)24-11(3-8-5-21-7-22-8)17(31)23-10(1-2-14(27)28)16(30)25-12(18(32)33)4-13(20)26/h5,7,9-12,34H,1-4,6,19H2,(H2,20,26)(H,21,22)(H,23,31)(H,24,29)(H,25,30)(H,27,28)(H,32,33)/t9-,10-,11-,12-/m0/s1. The molecule has 0 unspecified atom stereocenters. The fourth-order valence-electron chi connectivity index (χ4n) is 2.67. The maximum absolute atomic E-state index is 12.9. The number of aromatic nitrogens is 2.